The number of carbonyl (C=O) groups is 1. The van der Waals surface area contributed by atoms with E-state index in [1.165, 1.54) is 30.3 Å². The second kappa shape index (κ2) is 4.85. The normalized spacial score (nSPS) is 10.7. The molecule has 98 valence electrons. The summed E-state index contributed by atoms with van der Waals surface area (Å²) in [7, 11) is 0. The van der Waals surface area contributed by atoms with Crippen molar-refractivity contribution in [2.24, 2.45) is 0 Å². The molecule has 0 saturated carbocycles. The summed E-state index contributed by atoms with van der Waals surface area (Å²) in [6.07, 6.45) is 0. The average molecular weight is 268 g/mol. The highest BCUT2D eigenvalue weighted by Gasteiger charge is 2.17. The minimum absolute atomic E-state index is 0.0197. The van der Waals surface area contributed by atoms with Crippen molar-refractivity contribution in [3.8, 4) is 0 Å². The molecule has 0 spiro atoms. The van der Waals surface area contributed by atoms with Crippen LogP contribution in [0.15, 0.2) is 60.7 Å². The van der Waals surface area contributed by atoms with Crippen LogP contribution in [-0.2, 0) is 0 Å². The van der Waals surface area contributed by atoms with Gasteiger partial charge in [-0.1, -0.05) is 42.5 Å². The van der Waals surface area contributed by atoms with Crippen molar-refractivity contribution in [2.75, 3.05) is 0 Å². The van der Waals surface area contributed by atoms with E-state index < -0.39 is 17.4 Å². The molecular weight excluding hydrogens is 258 g/mol. The largest absolute Gasteiger partial charge is 0.288 e. The molecule has 0 heterocycles. The van der Waals surface area contributed by atoms with E-state index in [2.05, 4.69) is 0 Å². The smallest absolute Gasteiger partial charge is 0.196 e. The monoisotopic (exact) mass is 268 g/mol. The molecular formula is C17H10F2O. The van der Waals surface area contributed by atoms with Crippen LogP contribution in [0.25, 0.3) is 10.8 Å². The zero-order valence-electron chi connectivity index (χ0n) is 10.4. The Labute approximate surface area is 114 Å². The highest BCUT2D eigenvalue weighted by atomic mass is 19.1. The van der Waals surface area contributed by atoms with Crippen LogP contribution < -0.4 is 0 Å². The summed E-state index contributed by atoms with van der Waals surface area (Å²) in [5.74, 6) is -1.42. The van der Waals surface area contributed by atoms with Gasteiger partial charge in [-0.15, -0.1) is 0 Å². The maximum atomic E-state index is 14.0. The fourth-order valence-electron chi connectivity index (χ4n) is 2.24. The van der Waals surface area contributed by atoms with Crippen LogP contribution in [-0.4, -0.2) is 5.78 Å². The van der Waals surface area contributed by atoms with E-state index in [0.29, 0.717) is 16.3 Å². The van der Waals surface area contributed by atoms with Crippen LogP contribution in [0.1, 0.15) is 15.9 Å². The van der Waals surface area contributed by atoms with E-state index in [9.17, 15) is 13.6 Å². The van der Waals surface area contributed by atoms with Crippen LogP contribution in [0.4, 0.5) is 8.78 Å². The molecule has 3 rings (SSSR count). The van der Waals surface area contributed by atoms with Gasteiger partial charge in [0.05, 0.1) is 5.56 Å². The summed E-state index contributed by atoms with van der Waals surface area (Å²) in [6.45, 7) is 0. The molecule has 0 aliphatic heterocycles. The molecule has 20 heavy (non-hydrogen) atoms. The van der Waals surface area contributed by atoms with Crippen molar-refractivity contribution in [3.05, 3.63) is 83.4 Å². The molecule has 0 bridgehead atoms. The predicted octanol–water partition coefficient (Wildman–Crippen LogP) is 4.35. The van der Waals surface area contributed by atoms with Gasteiger partial charge in [-0.05, 0) is 29.0 Å². The van der Waals surface area contributed by atoms with Gasteiger partial charge in [0.25, 0.3) is 0 Å². The quantitative estimate of drug-likeness (QED) is 0.631. The minimum atomic E-state index is -0.599. The number of ketones is 1. The Hall–Kier alpha value is -2.55. The van der Waals surface area contributed by atoms with Crippen molar-refractivity contribution in [1.29, 1.82) is 0 Å². The lowest BCUT2D eigenvalue weighted by molar-refractivity contribution is 0.103. The van der Waals surface area contributed by atoms with Gasteiger partial charge in [0.15, 0.2) is 5.78 Å². The Kier molecular flexibility index (Phi) is 3.03. The van der Waals surface area contributed by atoms with Crippen molar-refractivity contribution < 1.29 is 13.6 Å². The van der Waals surface area contributed by atoms with Gasteiger partial charge in [0.1, 0.15) is 11.6 Å². The third-order valence-corrected chi connectivity index (χ3v) is 3.19. The minimum Gasteiger partial charge on any atom is -0.288 e. The molecule has 0 aliphatic carbocycles. The summed E-state index contributed by atoms with van der Waals surface area (Å²) in [5.41, 5.74) is 0.386. The topological polar surface area (TPSA) is 17.1 Å². The predicted molar refractivity (Wildman–Crippen MR) is 73.7 cm³/mol. The lowest BCUT2D eigenvalue weighted by Crippen LogP contribution is -2.05. The van der Waals surface area contributed by atoms with Crippen molar-refractivity contribution in [1.82, 2.24) is 0 Å². The number of hydrogen-bond donors (Lipinski definition) is 0. The Balaban J connectivity index is 2.25. The first-order valence-corrected chi connectivity index (χ1v) is 6.14. The van der Waals surface area contributed by atoms with Crippen molar-refractivity contribution in [3.63, 3.8) is 0 Å². The molecule has 0 aromatic heterocycles. The maximum absolute atomic E-state index is 14.0. The molecule has 1 nitrogen and oxygen atoms in total. The van der Waals surface area contributed by atoms with Crippen molar-refractivity contribution >= 4 is 16.6 Å². The molecule has 0 amide bonds. The van der Waals surface area contributed by atoms with Crippen LogP contribution in [0.2, 0.25) is 0 Å². The standard InChI is InChI=1S/C17H10F2O/c18-13-7-8-14-12(10-13)6-9-15(19)16(14)17(20)11-4-2-1-3-5-11/h1-10H. The number of carbonyl (C=O) groups excluding carboxylic acids is 1. The molecule has 0 fully saturated rings. The van der Waals surface area contributed by atoms with E-state index in [0.717, 1.165) is 0 Å². The summed E-state index contributed by atoms with van der Waals surface area (Å²) in [5, 5.41) is 0.922. The van der Waals surface area contributed by atoms with E-state index in [4.69, 9.17) is 0 Å². The number of halogens is 2. The van der Waals surface area contributed by atoms with Crippen LogP contribution >= 0.6 is 0 Å². The number of fused-ring (bicyclic) bond motifs is 1. The highest BCUT2D eigenvalue weighted by molar-refractivity contribution is 6.16. The van der Waals surface area contributed by atoms with Gasteiger partial charge >= 0.3 is 0 Å². The Morgan fingerprint density at radius 2 is 1.60 bits per heavy atom. The Morgan fingerprint density at radius 1 is 0.850 bits per heavy atom. The lowest BCUT2D eigenvalue weighted by atomic mass is 9.96. The third-order valence-electron chi connectivity index (χ3n) is 3.19. The summed E-state index contributed by atoms with van der Waals surface area (Å²) >= 11 is 0. The van der Waals surface area contributed by atoms with E-state index >= 15 is 0 Å². The molecule has 0 unspecified atom stereocenters. The molecule has 3 heteroatoms. The van der Waals surface area contributed by atoms with E-state index in [1.807, 2.05) is 0 Å². The summed E-state index contributed by atoms with van der Waals surface area (Å²) in [4.78, 5) is 12.4. The first-order chi connectivity index (χ1) is 9.66. The highest BCUT2D eigenvalue weighted by Crippen LogP contribution is 2.25. The molecule has 0 radical (unpaired) electrons. The van der Waals surface area contributed by atoms with Crippen molar-refractivity contribution in [2.45, 2.75) is 0 Å². The van der Waals surface area contributed by atoms with Gasteiger partial charge in [0.2, 0.25) is 0 Å². The van der Waals surface area contributed by atoms with Gasteiger partial charge in [-0.3, -0.25) is 4.79 Å². The van der Waals surface area contributed by atoms with Crippen LogP contribution in [0.5, 0.6) is 0 Å². The summed E-state index contributed by atoms with van der Waals surface area (Å²) in [6, 6.07) is 15.1. The molecule has 3 aromatic rings. The fourth-order valence-corrected chi connectivity index (χ4v) is 2.24. The maximum Gasteiger partial charge on any atom is 0.196 e. The van der Waals surface area contributed by atoms with E-state index in [-0.39, 0.29) is 5.56 Å². The van der Waals surface area contributed by atoms with E-state index in [1.54, 1.807) is 30.3 Å². The number of benzene rings is 3. The molecule has 3 aromatic carbocycles. The van der Waals surface area contributed by atoms with Crippen LogP contribution in [0.3, 0.4) is 0 Å². The summed E-state index contributed by atoms with van der Waals surface area (Å²) < 4.78 is 27.3. The fraction of sp³-hybridized carbons (Fsp3) is 0. The van der Waals surface area contributed by atoms with Gasteiger partial charge < -0.3 is 0 Å². The second-order valence-corrected chi connectivity index (χ2v) is 4.48. The van der Waals surface area contributed by atoms with Gasteiger partial charge in [0, 0.05) is 5.56 Å². The molecule has 0 N–H and O–H groups in total. The van der Waals surface area contributed by atoms with Gasteiger partial charge in [-0.2, -0.15) is 0 Å². The zero-order valence-corrected chi connectivity index (χ0v) is 10.4. The molecule has 0 atom stereocenters. The van der Waals surface area contributed by atoms with Crippen LogP contribution in [0, 0.1) is 11.6 Å². The van der Waals surface area contributed by atoms with Gasteiger partial charge in [-0.25, -0.2) is 8.78 Å². The Bertz CT molecular complexity index is 795. The average Bonchev–Trinajstić information content (AvgIpc) is 2.48. The Morgan fingerprint density at radius 3 is 2.35 bits per heavy atom. The molecule has 0 saturated heterocycles. The first kappa shape index (κ1) is 12.5. The molecule has 0 aliphatic rings. The third kappa shape index (κ3) is 2.07. The zero-order chi connectivity index (χ0) is 14.1. The SMILES string of the molecule is O=C(c1ccccc1)c1c(F)ccc2cc(F)ccc12. The second-order valence-electron chi connectivity index (χ2n) is 4.48. The lowest BCUT2D eigenvalue weighted by Gasteiger charge is -2.07. The number of rotatable bonds is 2. The first-order valence-electron chi connectivity index (χ1n) is 6.14. The number of hydrogen-bond acceptors (Lipinski definition) is 1.